The molecule has 0 aromatic rings. The van der Waals surface area contributed by atoms with Gasteiger partial charge in [0.1, 0.15) is 0 Å². The topological polar surface area (TPSA) is 26.0 Å². The molecule has 52 valence electrons. The summed E-state index contributed by atoms with van der Waals surface area (Å²) in [5.41, 5.74) is 6.84. The summed E-state index contributed by atoms with van der Waals surface area (Å²) in [5, 5.41) is 0. The van der Waals surface area contributed by atoms with Gasteiger partial charge in [-0.25, -0.2) is 0 Å². The van der Waals surface area contributed by atoms with Crippen LogP contribution in [0, 0.1) is 0 Å². The summed E-state index contributed by atoms with van der Waals surface area (Å²) in [6.07, 6.45) is 4.74. The predicted octanol–water partition coefficient (Wildman–Crippen LogP) is 1.86. The van der Waals surface area contributed by atoms with Crippen molar-refractivity contribution in [2.75, 3.05) is 0 Å². The summed E-state index contributed by atoms with van der Waals surface area (Å²) in [7, 11) is 0. The van der Waals surface area contributed by atoms with E-state index in [0.29, 0.717) is 0 Å². The van der Waals surface area contributed by atoms with E-state index in [4.69, 9.17) is 5.73 Å². The third-order valence-corrected chi connectivity index (χ3v) is 1.05. The fourth-order valence-electron chi connectivity index (χ4n) is 0.777. The van der Waals surface area contributed by atoms with Crippen molar-refractivity contribution in [3.63, 3.8) is 0 Å². The van der Waals surface area contributed by atoms with Crippen LogP contribution in [0.2, 0.25) is 0 Å². The van der Waals surface area contributed by atoms with E-state index in [1.807, 2.05) is 13.0 Å². The molecular weight excluding hydrogens is 110 g/mol. The van der Waals surface area contributed by atoms with Crippen LogP contribution in [-0.4, -0.2) is 6.04 Å². The highest BCUT2D eigenvalue weighted by Gasteiger charge is 1.92. The number of hydrogen-bond acceptors (Lipinski definition) is 1. The lowest BCUT2D eigenvalue weighted by Crippen LogP contribution is -2.14. The molecule has 1 heteroatoms. The second-order valence-corrected chi connectivity index (χ2v) is 2.43. The van der Waals surface area contributed by atoms with E-state index < -0.39 is 0 Å². The van der Waals surface area contributed by atoms with Gasteiger partial charge >= 0.3 is 0 Å². The second kappa shape index (κ2) is 4.33. The summed E-state index contributed by atoms with van der Waals surface area (Å²) in [5.74, 6) is 0. The van der Waals surface area contributed by atoms with Crippen LogP contribution in [0.15, 0.2) is 24.3 Å². The van der Waals surface area contributed by atoms with Gasteiger partial charge in [0.25, 0.3) is 0 Å². The quantitative estimate of drug-likeness (QED) is 0.572. The Hall–Kier alpha value is -0.560. The third kappa shape index (κ3) is 5.31. The van der Waals surface area contributed by atoms with Crippen LogP contribution in [0.25, 0.3) is 0 Å². The normalized spacial score (nSPS) is 15.2. The van der Waals surface area contributed by atoms with Crippen LogP contribution in [-0.2, 0) is 0 Å². The van der Waals surface area contributed by atoms with Crippen LogP contribution >= 0.6 is 0 Å². The molecule has 0 heterocycles. The first-order chi connectivity index (χ1) is 4.16. The van der Waals surface area contributed by atoms with Crippen LogP contribution in [0.1, 0.15) is 20.3 Å². The number of allylic oxidation sites excluding steroid dienone is 2. The minimum atomic E-state index is 0.265. The Morgan fingerprint density at radius 1 is 1.78 bits per heavy atom. The van der Waals surface area contributed by atoms with Gasteiger partial charge in [-0.2, -0.15) is 0 Å². The highest BCUT2D eigenvalue weighted by atomic mass is 14.6. The van der Waals surface area contributed by atoms with Crippen LogP contribution in [0.3, 0.4) is 0 Å². The zero-order chi connectivity index (χ0) is 7.28. The van der Waals surface area contributed by atoms with Crippen molar-refractivity contribution >= 4 is 0 Å². The van der Waals surface area contributed by atoms with Crippen molar-refractivity contribution in [1.29, 1.82) is 0 Å². The molecule has 0 aromatic heterocycles. The van der Waals surface area contributed by atoms with Crippen molar-refractivity contribution < 1.29 is 0 Å². The van der Waals surface area contributed by atoms with E-state index in [0.717, 1.165) is 6.42 Å². The van der Waals surface area contributed by atoms with Gasteiger partial charge in [0.15, 0.2) is 0 Å². The number of rotatable bonds is 3. The second-order valence-electron chi connectivity index (χ2n) is 2.43. The molecule has 1 unspecified atom stereocenters. The van der Waals surface area contributed by atoms with E-state index >= 15 is 0 Å². The zero-order valence-electron chi connectivity index (χ0n) is 6.22. The Labute approximate surface area is 57.3 Å². The highest BCUT2D eigenvalue weighted by molar-refractivity contribution is 5.08. The van der Waals surface area contributed by atoms with Gasteiger partial charge in [0, 0.05) is 6.04 Å². The number of nitrogens with two attached hydrogens (primary N) is 1. The van der Waals surface area contributed by atoms with Gasteiger partial charge in [-0.05, 0) is 20.3 Å². The van der Waals surface area contributed by atoms with Gasteiger partial charge in [0.2, 0.25) is 0 Å². The Morgan fingerprint density at radius 2 is 2.33 bits per heavy atom. The molecule has 0 aromatic carbocycles. The average molecular weight is 125 g/mol. The average Bonchev–Trinajstić information content (AvgIpc) is 1.63. The fraction of sp³-hybridized carbons (Fsp3) is 0.500. The predicted molar refractivity (Wildman–Crippen MR) is 42.2 cm³/mol. The lowest BCUT2D eigenvalue weighted by Gasteiger charge is -2.02. The first-order valence-corrected chi connectivity index (χ1v) is 3.20. The van der Waals surface area contributed by atoms with Gasteiger partial charge in [-0.3, -0.25) is 0 Å². The minimum Gasteiger partial charge on any atom is -0.328 e. The Morgan fingerprint density at radius 3 is 2.67 bits per heavy atom. The van der Waals surface area contributed by atoms with Crippen molar-refractivity contribution in [3.05, 3.63) is 24.3 Å². The maximum absolute atomic E-state index is 5.55. The molecule has 0 amide bonds. The molecule has 0 aliphatic heterocycles. The molecule has 0 bridgehead atoms. The van der Waals surface area contributed by atoms with Gasteiger partial charge in [-0.1, -0.05) is 24.3 Å². The molecule has 0 aliphatic rings. The van der Waals surface area contributed by atoms with E-state index in [2.05, 4.69) is 13.5 Å². The van der Waals surface area contributed by atoms with E-state index in [1.54, 1.807) is 6.08 Å². The third-order valence-electron chi connectivity index (χ3n) is 1.05. The SMILES string of the molecule is C=C/C=C(\C)CC(C)N. The van der Waals surface area contributed by atoms with E-state index in [-0.39, 0.29) is 6.04 Å². The molecule has 0 radical (unpaired) electrons. The molecule has 0 saturated heterocycles. The summed E-state index contributed by atoms with van der Waals surface area (Å²) in [6, 6.07) is 0.265. The molecule has 2 N–H and O–H groups in total. The maximum Gasteiger partial charge on any atom is 0.00476 e. The first-order valence-electron chi connectivity index (χ1n) is 3.20. The van der Waals surface area contributed by atoms with E-state index in [9.17, 15) is 0 Å². The Bertz CT molecular complexity index is 112. The molecule has 1 nitrogen and oxygen atoms in total. The van der Waals surface area contributed by atoms with Crippen molar-refractivity contribution in [3.8, 4) is 0 Å². The Balaban J connectivity index is 3.61. The smallest absolute Gasteiger partial charge is 0.00476 e. The van der Waals surface area contributed by atoms with Crippen molar-refractivity contribution in [2.24, 2.45) is 5.73 Å². The molecular formula is C8H15N. The maximum atomic E-state index is 5.55. The zero-order valence-corrected chi connectivity index (χ0v) is 6.22. The minimum absolute atomic E-state index is 0.265. The highest BCUT2D eigenvalue weighted by Crippen LogP contribution is 2.01. The molecule has 9 heavy (non-hydrogen) atoms. The molecule has 0 rings (SSSR count). The summed E-state index contributed by atoms with van der Waals surface area (Å²) in [4.78, 5) is 0. The fourth-order valence-corrected chi connectivity index (χ4v) is 0.777. The van der Waals surface area contributed by atoms with Crippen LogP contribution < -0.4 is 5.73 Å². The summed E-state index contributed by atoms with van der Waals surface area (Å²) in [6.45, 7) is 7.65. The van der Waals surface area contributed by atoms with E-state index in [1.165, 1.54) is 5.57 Å². The van der Waals surface area contributed by atoms with Gasteiger partial charge in [0.05, 0.1) is 0 Å². The summed E-state index contributed by atoms with van der Waals surface area (Å²) < 4.78 is 0. The molecule has 0 aliphatic carbocycles. The van der Waals surface area contributed by atoms with Crippen LogP contribution in [0.4, 0.5) is 0 Å². The first kappa shape index (κ1) is 8.44. The summed E-state index contributed by atoms with van der Waals surface area (Å²) >= 11 is 0. The molecule has 0 fully saturated rings. The van der Waals surface area contributed by atoms with Crippen molar-refractivity contribution in [2.45, 2.75) is 26.3 Å². The molecule has 0 spiro atoms. The molecule has 1 atom stereocenters. The van der Waals surface area contributed by atoms with Crippen molar-refractivity contribution in [1.82, 2.24) is 0 Å². The lowest BCUT2D eigenvalue weighted by atomic mass is 10.1. The van der Waals surface area contributed by atoms with Gasteiger partial charge in [-0.15, -0.1) is 0 Å². The lowest BCUT2D eigenvalue weighted by molar-refractivity contribution is 0.731. The van der Waals surface area contributed by atoms with Crippen LogP contribution in [0.5, 0.6) is 0 Å². The standard InChI is InChI=1S/C8H15N/c1-4-5-7(2)6-8(3)9/h4-5,8H,1,6,9H2,2-3H3/b7-5+. The largest absolute Gasteiger partial charge is 0.328 e. The Kier molecular flexibility index (Phi) is 4.06. The molecule has 0 saturated carbocycles. The monoisotopic (exact) mass is 125 g/mol. The van der Waals surface area contributed by atoms with Gasteiger partial charge < -0.3 is 5.73 Å². The number of hydrogen-bond donors (Lipinski definition) is 1.